The van der Waals surface area contributed by atoms with Crippen molar-refractivity contribution in [1.82, 2.24) is 3.11 Å². The van der Waals surface area contributed by atoms with E-state index in [1.54, 1.807) is 0 Å². The van der Waals surface area contributed by atoms with Gasteiger partial charge in [-0.25, -0.2) is 3.11 Å². The molecular weight excluding hydrogens is 292 g/mol. The van der Waals surface area contributed by atoms with Gasteiger partial charge in [0.25, 0.3) is 0 Å². The molecule has 2 rings (SSSR count). The number of hydrogen-bond donors (Lipinski definition) is 0. The zero-order chi connectivity index (χ0) is 9.97. The normalized spacial score (nSPS) is 35.5. The maximum absolute atomic E-state index is 5.80. The summed E-state index contributed by atoms with van der Waals surface area (Å²) in [4.78, 5) is 0. The van der Waals surface area contributed by atoms with Crippen molar-refractivity contribution in [2.75, 3.05) is 19.7 Å². The highest BCUT2D eigenvalue weighted by molar-refractivity contribution is 14.1. The Kier molecular flexibility index (Phi) is 4.10. The van der Waals surface area contributed by atoms with Crippen LogP contribution in [0, 0.1) is 0 Å². The molecule has 0 N–H and O–H groups in total. The molecule has 80 valence electrons. The third-order valence-corrected chi connectivity index (χ3v) is 3.64. The third kappa shape index (κ3) is 3.08. The average molecular weight is 309 g/mol. The molecule has 0 aromatic heterocycles. The lowest BCUT2D eigenvalue weighted by Crippen LogP contribution is -2.46. The fraction of sp³-hybridized carbons (Fsp3) is 1.00. The Balaban J connectivity index is 1.68. The fourth-order valence-corrected chi connectivity index (χ4v) is 2.86. The van der Waals surface area contributed by atoms with E-state index in [1.165, 1.54) is 19.3 Å². The average Bonchev–Trinajstić information content (AvgIpc) is 1.99. The van der Waals surface area contributed by atoms with Gasteiger partial charge in [-0.1, -0.05) is 0 Å². The smallest absolute Gasteiger partial charge is 0.140 e. The molecular formula is C9H17BINO2. The molecule has 0 amide bonds. The van der Waals surface area contributed by atoms with Gasteiger partial charge in [-0.2, -0.15) is 0 Å². The largest absolute Gasteiger partial charge is 0.379 e. The summed E-state index contributed by atoms with van der Waals surface area (Å²) in [7, 11) is 2.13. The van der Waals surface area contributed by atoms with Gasteiger partial charge in [0.2, 0.25) is 0 Å². The summed E-state index contributed by atoms with van der Waals surface area (Å²) in [5.41, 5.74) is 0. The first-order chi connectivity index (χ1) is 6.74. The van der Waals surface area contributed by atoms with Crippen LogP contribution in [0.25, 0.3) is 0 Å². The Morgan fingerprint density at radius 1 is 1.43 bits per heavy atom. The summed E-state index contributed by atoms with van der Waals surface area (Å²) >= 11 is 2.37. The minimum absolute atomic E-state index is 0.274. The SMILES string of the molecule is BC1CN(I)CC(COC2CCC2)O1. The number of ether oxygens (including phenoxy) is 2. The second kappa shape index (κ2) is 5.14. The first-order valence-corrected chi connectivity index (χ1v) is 6.38. The third-order valence-electron chi connectivity index (χ3n) is 2.85. The van der Waals surface area contributed by atoms with Crippen molar-refractivity contribution in [2.24, 2.45) is 0 Å². The first kappa shape index (κ1) is 11.2. The van der Waals surface area contributed by atoms with Gasteiger partial charge in [0.05, 0.1) is 18.8 Å². The maximum Gasteiger partial charge on any atom is 0.140 e. The van der Waals surface area contributed by atoms with E-state index in [2.05, 4.69) is 33.8 Å². The van der Waals surface area contributed by atoms with Crippen LogP contribution in [-0.2, 0) is 9.47 Å². The van der Waals surface area contributed by atoms with Gasteiger partial charge in [0, 0.05) is 42.0 Å². The van der Waals surface area contributed by atoms with Crippen LogP contribution in [0.5, 0.6) is 0 Å². The molecule has 0 radical (unpaired) electrons. The van der Waals surface area contributed by atoms with Gasteiger partial charge in [-0.3, -0.25) is 0 Å². The van der Waals surface area contributed by atoms with Gasteiger partial charge < -0.3 is 9.47 Å². The lowest BCUT2D eigenvalue weighted by Gasteiger charge is -2.35. The quantitative estimate of drug-likeness (QED) is 0.432. The molecule has 1 aliphatic heterocycles. The molecule has 2 atom stereocenters. The van der Waals surface area contributed by atoms with E-state index in [0.29, 0.717) is 12.1 Å². The predicted octanol–water partition coefficient (Wildman–Crippen LogP) is 0.565. The van der Waals surface area contributed by atoms with E-state index in [0.717, 1.165) is 19.7 Å². The monoisotopic (exact) mass is 309 g/mol. The Labute approximate surface area is 100 Å². The number of morpholine rings is 1. The Hall–Kier alpha value is 0.675. The van der Waals surface area contributed by atoms with Crippen LogP contribution in [0.3, 0.4) is 0 Å². The van der Waals surface area contributed by atoms with E-state index >= 15 is 0 Å². The van der Waals surface area contributed by atoms with E-state index in [-0.39, 0.29) is 6.10 Å². The second-order valence-corrected chi connectivity index (χ2v) is 5.65. The summed E-state index contributed by atoms with van der Waals surface area (Å²) in [5, 5.41) is 0. The standard InChI is InChI=1S/C9H17BINO2/c10-9-5-12(11)4-8(14-9)6-13-7-2-1-3-7/h7-9H,1-6,10H2. The zero-order valence-electron chi connectivity index (χ0n) is 8.62. The van der Waals surface area contributed by atoms with Crippen LogP contribution in [0.1, 0.15) is 19.3 Å². The van der Waals surface area contributed by atoms with Crippen molar-refractivity contribution >= 4 is 30.7 Å². The summed E-state index contributed by atoms with van der Waals surface area (Å²) in [5.74, 6) is 0. The fourth-order valence-electron chi connectivity index (χ4n) is 1.86. The molecule has 0 bridgehead atoms. The Morgan fingerprint density at radius 3 is 2.79 bits per heavy atom. The van der Waals surface area contributed by atoms with Crippen LogP contribution < -0.4 is 0 Å². The van der Waals surface area contributed by atoms with Crippen molar-refractivity contribution in [2.45, 2.75) is 37.5 Å². The van der Waals surface area contributed by atoms with Crippen molar-refractivity contribution in [1.29, 1.82) is 0 Å². The minimum atomic E-state index is 0.274. The highest BCUT2D eigenvalue weighted by Gasteiger charge is 2.26. The van der Waals surface area contributed by atoms with E-state index in [1.807, 2.05) is 0 Å². The van der Waals surface area contributed by atoms with E-state index in [4.69, 9.17) is 9.47 Å². The number of rotatable bonds is 3. The molecule has 0 aromatic rings. The summed E-state index contributed by atoms with van der Waals surface area (Å²) in [6.45, 7) is 2.80. The molecule has 1 aliphatic carbocycles. The van der Waals surface area contributed by atoms with Crippen LogP contribution in [0.4, 0.5) is 0 Å². The Bertz CT molecular complexity index is 182. The van der Waals surface area contributed by atoms with E-state index in [9.17, 15) is 0 Å². The zero-order valence-corrected chi connectivity index (χ0v) is 10.8. The van der Waals surface area contributed by atoms with Crippen LogP contribution in [0.2, 0.25) is 0 Å². The molecule has 5 heteroatoms. The highest BCUT2D eigenvalue weighted by Crippen LogP contribution is 2.23. The van der Waals surface area contributed by atoms with Crippen molar-refractivity contribution in [3.8, 4) is 0 Å². The molecule has 1 saturated heterocycles. The van der Waals surface area contributed by atoms with Crippen molar-refractivity contribution in [3.05, 3.63) is 0 Å². The Morgan fingerprint density at radius 2 is 2.21 bits per heavy atom. The van der Waals surface area contributed by atoms with Crippen molar-refractivity contribution in [3.63, 3.8) is 0 Å². The van der Waals surface area contributed by atoms with Crippen LogP contribution in [-0.4, -0.2) is 48.9 Å². The van der Waals surface area contributed by atoms with Crippen molar-refractivity contribution < 1.29 is 9.47 Å². The second-order valence-electron chi connectivity index (χ2n) is 4.28. The molecule has 2 unspecified atom stereocenters. The molecule has 3 nitrogen and oxygen atoms in total. The predicted molar refractivity (Wildman–Crippen MR) is 66.4 cm³/mol. The summed E-state index contributed by atoms with van der Waals surface area (Å²) in [6.07, 6.45) is 4.63. The molecule has 2 fully saturated rings. The van der Waals surface area contributed by atoms with Crippen LogP contribution >= 0.6 is 22.9 Å². The molecule has 1 heterocycles. The molecule has 0 aromatic carbocycles. The van der Waals surface area contributed by atoms with Gasteiger partial charge in [0.1, 0.15) is 7.85 Å². The molecule has 2 aliphatic rings. The van der Waals surface area contributed by atoms with E-state index < -0.39 is 0 Å². The molecule has 0 spiro atoms. The lowest BCUT2D eigenvalue weighted by molar-refractivity contribution is -0.0932. The molecule has 1 saturated carbocycles. The number of nitrogens with zero attached hydrogens (tertiary/aromatic N) is 1. The number of halogens is 1. The van der Waals surface area contributed by atoms with Gasteiger partial charge in [-0.15, -0.1) is 0 Å². The minimum Gasteiger partial charge on any atom is -0.379 e. The van der Waals surface area contributed by atoms with Gasteiger partial charge in [0.15, 0.2) is 0 Å². The summed E-state index contributed by atoms with van der Waals surface area (Å²) < 4.78 is 13.9. The topological polar surface area (TPSA) is 21.7 Å². The highest BCUT2D eigenvalue weighted by atomic mass is 127. The van der Waals surface area contributed by atoms with Crippen LogP contribution in [0.15, 0.2) is 0 Å². The number of hydrogen-bond acceptors (Lipinski definition) is 3. The lowest BCUT2D eigenvalue weighted by atomic mass is 9.96. The molecule has 14 heavy (non-hydrogen) atoms. The van der Waals surface area contributed by atoms with Gasteiger partial charge in [-0.05, 0) is 19.3 Å². The first-order valence-electron chi connectivity index (χ1n) is 5.42. The summed E-state index contributed by atoms with van der Waals surface area (Å²) in [6, 6.07) is 0.343. The maximum atomic E-state index is 5.80. The van der Waals surface area contributed by atoms with Gasteiger partial charge >= 0.3 is 0 Å².